The molecule has 1 aromatic carbocycles. The average Bonchev–Trinajstić information content (AvgIpc) is 2.52. The molecule has 0 unspecified atom stereocenters. The van der Waals surface area contributed by atoms with Crippen molar-refractivity contribution in [2.24, 2.45) is 12.8 Å². The van der Waals surface area contributed by atoms with Crippen molar-refractivity contribution in [3.05, 3.63) is 57.3 Å². The van der Waals surface area contributed by atoms with Crippen LogP contribution >= 0.6 is 0 Å². The van der Waals surface area contributed by atoms with E-state index in [2.05, 4.69) is 0 Å². The van der Waals surface area contributed by atoms with Crippen LogP contribution in [0, 0.1) is 12.7 Å². The van der Waals surface area contributed by atoms with E-state index < -0.39 is 46.3 Å². The number of aryl methyl sites for hydroxylation is 1. The molecule has 0 fully saturated rings. The van der Waals surface area contributed by atoms with Crippen molar-refractivity contribution in [3.8, 4) is 11.1 Å². The number of hydrogen-bond acceptors (Lipinski definition) is 3. The van der Waals surface area contributed by atoms with Gasteiger partial charge in [0.2, 0.25) is 0 Å². The van der Waals surface area contributed by atoms with Crippen LogP contribution in [0.2, 0.25) is 0 Å². The summed E-state index contributed by atoms with van der Waals surface area (Å²) in [4.78, 5) is 23.1. The molecular formula is C17H16F4N2O3. The first kappa shape index (κ1) is 19.6. The molecule has 0 saturated heterocycles. The van der Waals surface area contributed by atoms with Crippen LogP contribution in [0.15, 0.2) is 29.1 Å². The van der Waals surface area contributed by atoms with E-state index in [0.717, 1.165) is 22.8 Å². The van der Waals surface area contributed by atoms with Crippen molar-refractivity contribution in [1.82, 2.24) is 4.57 Å². The summed E-state index contributed by atoms with van der Waals surface area (Å²) in [5.41, 5.74) is 2.12. The summed E-state index contributed by atoms with van der Waals surface area (Å²) in [6, 6.07) is 2.67. The highest BCUT2D eigenvalue weighted by Gasteiger charge is 2.36. The molecule has 0 aliphatic carbocycles. The molecule has 0 spiro atoms. The molecule has 1 aromatic heterocycles. The monoisotopic (exact) mass is 372 g/mol. The van der Waals surface area contributed by atoms with Gasteiger partial charge in [0.1, 0.15) is 11.9 Å². The highest BCUT2D eigenvalue weighted by atomic mass is 19.4. The van der Waals surface area contributed by atoms with Crippen LogP contribution < -0.4 is 11.3 Å². The van der Waals surface area contributed by atoms with Crippen LogP contribution in [0.5, 0.6) is 0 Å². The third-order valence-electron chi connectivity index (χ3n) is 4.05. The number of halogens is 4. The average molecular weight is 372 g/mol. The molecule has 26 heavy (non-hydrogen) atoms. The second-order valence-corrected chi connectivity index (χ2v) is 5.90. The van der Waals surface area contributed by atoms with Crippen molar-refractivity contribution >= 4 is 5.97 Å². The smallest absolute Gasteiger partial charge is 0.417 e. The number of rotatable bonds is 4. The number of alkyl halides is 3. The lowest BCUT2D eigenvalue weighted by Gasteiger charge is -2.17. The lowest BCUT2D eigenvalue weighted by molar-refractivity contribution is -0.139. The Morgan fingerprint density at radius 2 is 1.92 bits per heavy atom. The molecule has 1 heterocycles. The fraction of sp³-hybridized carbons (Fsp3) is 0.294. The highest BCUT2D eigenvalue weighted by Crippen LogP contribution is 2.36. The van der Waals surface area contributed by atoms with Crippen LogP contribution in [0.1, 0.15) is 16.8 Å². The SMILES string of the molecule is Cc1cc(C(F)(F)F)c(-c2ccc(C[C@H](N)C(=O)O)cc2F)c(=O)n1C. The highest BCUT2D eigenvalue weighted by molar-refractivity contribution is 5.74. The number of carboxylic acid groups (broad SMARTS) is 1. The van der Waals surface area contributed by atoms with Crippen LogP contribution in [-0.2, 0) is 24.4 Å². The number of carboxylic acids is 1. The molecule has 9 heteroatoms. The van der Waals surface area contributed by atoms with Gasteiger partial charge >= 0.3 is 12.1 Å². The molecule has 2 rings (SSSR count). The second kappa shape index (κ2) is 6.91. The fourth-order valence-electron chi connectivity index (χ4n) is 2.53. The lowest BCUT2D eigenvalue weighted by Crippen LogP contribution is -2.32. The lowest BCUT2D eigenvalue weighted by atomic mass is 9.97. The number of pyridine rings is 1. The molecule has 0 amide bonds. The van der Waals surface area contributed by atoms with E-state index in [1.54, 1.807) is 0 Å². The van der Waals surface area contributed by atoms with Gasteiger partial charge in [-0.3, -0.25) is 9.59 Å². The molecular weight excluding hydrogens is 356 g/mol. The first-order valence-electron chi connectivity index (χ1n) is 7.48. The van der Waals surface area contributed by atoms with Crippen LogP contribution in [0.25, 0.3) is 11.1 Å². The number of aliphatic carboxylic acids is 1. The molecule has 0 bridgehead atoms. The molecule has 140 valence electrons. The van der Waals surface area contributed by atoms with Crippen LogP contribution in [-0.4, -0.2) is 21.7 Å². The first-order valence-corrected chi connectivity index (χ1v) is 7.48. The number of benzene rings is 1. The van der Waals surface area contributed by atoms with Crippen molar-refractivity contribution in [1.29, 1.82) is 0 Å². The van der Waals surface area contributed by atoms with Gasteiger partial charge in [0.05, 0.1) is 11.1 Å². The topological polar surface area (TPSA) is 85.3 Å². The van der Waals surface area contributed by atoms with Gasteiger partial charge in [-0.05, 0) is 31.0 Å². The molecule has 2 aromatic rings. The molecule has 0 aliphatic rings. The summed E-state index contributed by atoms with van der Waals surface area (Å²) in [7, 11) is 1.29. The van der Waals surface area contributed by atoms with Crippen molar-refractivity contribution in [3.63, 3.8) is 0 Å². The van der Waals surface area contributed by atoms with E-state index in [1.807, 2.05) is 0 Å². The van der Waals surface area contributed by atoms with Crippen molar-refractivity contribution in [2.45, 2.75) is 25.6 Å². The van der Waals surface area contributed by atoms with Gasteiger partial charge in [-0.25, -0.2) is 4.39 Å². The normalized spacial score (nSPS) is 12.9. The third kappa shape index (κ3) is 3.77. The standard InChI is InChI=1S/C17H16F4N2O3/c1-8-5-11(17(19,20)21)14(15(24)23(8)2)10-4-3-9(6-12(10)18)7-13(22)16(25)26/h3-6,13H,7,22H2,1-2H3,(H,25,26)/t13-/m0/s1. The van der Waals surface area contributed by atoms with E-state index in [-0.39, 0.29) is 17.7 Å². The Kier molecular flexibility index (Phi) is 5.22. The van der Waals surface area contributed by atoms with E-state index >= 15 is 0 Å². The van der Waals surface area contributed by atoms with Gasteiger partial charge in [0.25, 0.3) is 5.56 Å². The summed E-state index contributed by atoms with van der Waals surface area (Å²) in [6.45, 7) is 1.34. The predicted octanol–water partition coefficient (Wildman–Crippen LogP) is 2.47. The minimum absolute atomic E-state index is 0.0792. The Morgan fingerprint density at radius 1 is 1.31 bits per heavy atom. The summed E-state index contributed by atoms with van der Waals surface area (Å²) in [6.07, 6.45) is -5.05. The molecule has 0 radical (unpaired) electrons. The summed E-state index contributed by atoms with van der Waals surface area (Å²) in [5, 5.41) is 8.78. The fourth-order valence-corrected chi connectivity index (χ4v) is 2.53. The van der Waals surface area contributed by atoms with Gasteiger partial charge in [-0.2, -0.15) is 13.2 Å². The molecule has 3 N–H and O–H groups in total. The molecule has 5 nitrogen and oxygen atoms in total. The number of nitrogens with zero attached hydrogens (tertiary/aromatic N) is 1. The zero-order valence-corrected chi connectivity index (χ0v) is 13.9. The van der Waals surface area contributed by atoms with E-state index in [9.17, 15) is 27.2 Å². The Labute approximate surface area is 145 Å². The minimum atomic E-state index is -4.84. The first-order chi connectivity index (χ1) is 11.9. The number of hydrogen-bond donors (Lipinski definition) is 2. The number of nitrogens with two attached hydrogens (primary N) is 1. The summed E-state index contributed by atoms with van der Waals surface area (Å²) in [5.74, 6) is -2.35. The predicted molar refractivity (Wildman–Crippen MR) is 86.1 cm³/mol. The van der Waals surface area contributed by atoms with Crippen LogP contribution in [0.4, 0.5) is 17.6 Å². The van der Waals surface area contributed by atoms with Gasteiger partial charge < -0.3 is 15.4 Å². The number of carbonyl (C=O) groups is 1. The largest absolute Gasteiger partial charge is 0.480 e. The minimum Gasteiger partial charge on any atom is -0.480 e. The zero-order valence-electron chi connectivity index (χ0n) is 13.9. The van der Waals surface area contributed by atoms with Gasteiger partial charge in [0, 0.05) is 18.3 Å². The maximum atomic E-state index is 14.5. The molecule has 0 aliphatic heterocycles. The zero-order chi connectivity index (χ0) is 19.8. The van der Waals surface area contributed by atoms with Crippen molar-refractivity contribution in [2.75, 3.05) is 0 Å². The maximum Gasteiger partial charge on any atom is 0.417 e. The quantitative estimate of drug-likeness (QED) is 0.808. The van der Waals surface area contributed by atoms with Crippen molar-refractivity contribution < 1.29 is 27.5 Å². The van der Waals surface area contributed by atoms with Gasteiger partial charge in [-0.1, -0.05) is 12.1 Å². The summed E-state index contributed by atoms with van der Waals surface area (Å²) < 4.78 is 55.5. The number of aromatic nitrogens is 1. The Bertz CT molecular complexity index is 919. The van der Waals surface area contributed by atoms with E-state index in [1.165, 1.54) is 20.0 Å². The Morgan fingerprint density at radius 3 is 2.42 bits per heavy atom. The Hall–Kier alpha value is -2.68. The third-order valence-corrected chi connectivity index (χ3v) is 4.05. The molecule has 1 atom stereocenters. The maximum absolute atomic E-state index is 14.5. The summed E-state index contributed by atoms with van der Waals surface area (Å²) >= 11 is 0. The second-order valence-electron chi connectivity index (χ2n) is 5.90. The van der Waals surface area contributed by atoms with Crippen LogP contribution in [0.3, 0.4) is 0 Å². The molecule has 0 saturated carbocycles. The van der Waals surface area contributed by atoms with E-state index in [4.69, 9.17) is 10.8 Å². The van der Waals surface area contributed by atoms with E-state index in [0.29, 0.717) is 0 Å². The van der Waals surface area contributed by atoms with Gasteiger partial charge in [-0.15, -0.1) is 0 Å². The van der Waals surface area contributed by atoms with Gasteiger partial charge in [0.15, 0.2) is 0 Å². The Balaban J connectivity index is 2.64.